The molecular weight excluding hydrogens is 328 g/mol. The predicted octanol–water partition coefficient (Wildman–Crippen LogP) is 3.49. The highest BCUT2D eigenvalue weighted by atomic mass is 16.3. The van der Waals surface area contributed by atoms with Gasteiger partial charge >= 0.3 is 0 Å². The topological polar surface area (TPSA) is 81.2 Å². The molecule has 134 valence electrons. The lowest BCUT2D eigenvalue weighted by molar-refractivity contribution is 0.0748. The van der Waals surface area contributed by atoms with Gasteiger partial charge in [0.25, 0.3) is 5.91 Å². The second-order valence-corrected chi connectivity index (χ2v) is 7.19. The first-order chi connectivity index (χ1) is 12.5. The van der Waals surface area contributed by atoms with Gasteiger partial charge in [0.15, 0.2) is 5.82 Å². The molecule has 2 aromatic carbocycles. The molecule has 1 amide bonds. The van der Waals surface area contributed by atoms with E-state index in [0.29, 0.717) is 35.9 Å². The summed E-state index contributed by atoms with van der Waals surface area (Å²) >= 11 is 0. The molecule has 1 aromatic heterocycles. The molecule has 6 nitrogen and oxygen atoms in total. The van der Waals surface area contributed by atoms with E-state index in [1.807, 2.05) is 24.3 Å². The molecule has 0 saturated carbocycles. The smallest absolute Gasteiger partial charge is 0.258 e. The summed E-state index contributed by atoms with van der Waals surface area (Å²) in [5, 5.41) is 21.6. The van der Waals surface area contributed by atoms with Gasteiger partial charge < -0.3 is 15.3 Å². The Kier molecular flexibility index (Phi) is 4.03. The van der Waals surface area contributed by atoms with Gasteiger partial charge in [0.05, 0.1) is 11.1 Å². The Morgan fingerprint density at radius 2 is 1.96 bits per heavy atom. The van der Waals surface area contributed by atoms with E-state index in [-0.39, 0.29) is 11.7 Å². The lowest BCUT2D eigenvalue weighted by Gasteiger charge is -2.16. The molecule has 0 unspecified atom stereocenters. The molecule has 0 bridgehead atoms. The number of carbonyl (C=O) groups is 1. The first-order valence-corrected chi connectivity index (χ1v) is 8.84. The monoisotopic (exact) mass is 350 g/mol. The molecule has 0 atom stereocenters. The summed E-state index contributed by atoms with van der Waals surface area (Å²) in [5.41, 5.74) is 3.32. The molecule has 26 heavy (non-hydrogen) atoms. The van der Waals surface area contributed by atoms with Gasteiger partial charge in [0, 0.05) is 31.1 Å². The molecule has 3 N–H and O–H groups in total. The number of aromatic hydroxyl groups is 1. The van der Waals surface area contributed by atoms with Crippen LogP contribution in [0, 0.1) is 5.92 Å². The second kappa shape index (κ2) is 6.37. The van der Waals surface area contributed by atoms with E-state index in [1.54, 1.807) is 17.0 Å². The maximum absolute atomic E-state index is 13.0. The second-order valence-electron chi connectivity index (χ2n) is 7.19. The van der Waals surface area contributed by atoms with Gasteiger partial charge in [-0.3, -0.25) is 9.89 Å². The van der Waals surface area contributed by atoms with Crippen molar-refractivity contribution in [3.05, 3.63) is 53.1 Å². The fourth-order valence-electron chi connectivity index (χ4n) is 3.31. The Hall–Kier alpha value is -3.02. The third-order valence-corrected chi connectivity index (χ3v) is 4.72. The molecule has 0 aliphatic carbocycles. The number of aromatic nitrogens is 2. The Morgan fingerprint density at radius 1 is 1.27 bits per heavy atom. The Bertz CT molecular complexity index is 952. The molecule has 3 aromatic rings. The fourth-order valence-corrected chi connectivity index (χ4v) is 3.31. The van der Waals surface area contributed by atoms with Gasteiger partial charge in [-0.1, -0.05) is 38.1 Å². The summed E-state index contributed by atoms with van der Waals surface area (Å²) in [5.74, 6) is 0.977. The third kappa shape index (κ3) is 2.87. The largest absolute Gasteiger partial charge is 0.507 e. The van der Waals surface area contributed by atoms with Crippen molar-refractivity contribution in [3.8, 4) is 5.75 Å². The fraction of sp³-hybridized carbons (Fsp3) is 0.300. The Morgan fingerprint density at radius 3 is 2.62 bits per heavy atom. The van der Waals surface area contributed by atoms with Gasteiger partial charge in [-0.15, -0.1) is 0 Å². The highest BCUT2D eigenvalue weighted by molar-refractivity contribution is 6.03. The van der Waals surface area contributed by atoms with Gasteiger partial charge in [-0.2, -0.15) is 5.10 Å². The van der Waals surface area contributed by atoms with Crippen molar-refractivity contribution in [2.24, 2.45) is 5.92 Å². The van der Waals surface area contributed by atoms with Crippen molar-refractivity contribution in [3.63, 3.8) is 0 Å². The normalized spacial score (nSPS) is 13.4. The summed E-state index contributed by atoms with van der Waals surface area (Å²) < 4.78 is 0. The van der Waals surface area contributed by atoms with Gasteiger partial charge in [0.2, 0.25) is 0 Å². The zero-order chi connectivity index (χ0) is 18.3. The van der Waals surface area contributed by atoms with Crippen LogP contribution in [0.1, 0.15) is 35.3 Å². The standard InChI is InChI=1S/C20H22N4O2/c1-12(2)9-21-19-15-7-16(18(25)8-17(15)22-23-19)20(26)24-10-13-5-3-4-6-14(13)11-24/h3-8,12,25H,9-11H2,1-2H3,(H2,21,22,23). The number of aromatic amines is 1. The van der Waals surface area contributed by atoms with Crippen LogP contribution in [0.15, 0.2) is 36.4 Å². The molecule has 2 heterocycles. The third-order valence-electron chi connectivity index (χ3n) is 4.72. The van der Waals surface area contributed by atoms with E-state index in [2.05, 4.69) is 29.4 Å². The number of fused-ring (bicyclic) bond motifs is 2. The van der Waals surface area contributed by atoms with Crippen LogP contribution in [0.25, 0.3) is 10.9 Å². The number of hydrogen-bond acceptors (Lipinski definition) is 4. The molecule has 0 saturated heterocycles. The average molecular weight is 350 g/mol. The number of benzene rings is 2. The number of carbonyl (C=O) groups excluding carboxylic acids is 1. The number of rotatable bonds is 4. The maximum atomic E-state index is 13.0. The van der Waals surface area contributed by atoms with Gasteiger partial charge in [-0.25, -0.2) is 0 Å². The Labute approximate surface area is 151 Å². The summed E-state index contributed by atoms with van der Waals surface area (Å²) in [4.78, 5) is 14.8. The summed E-state index contributed by atoms with van der Waals surface area (Å²) in [7, 11) is 0. The SMILES string of the molecule is CC(C)CNc1n[nH]c2cc(O)c(C(=O)N3Cc4ccccc4C3)cc12. The Balaban J connectivity index is 1.64. The molecule has 1 aliphatic heterocycles. The van der Waals surface area contributed by atoms with E-state index in [0.717, 1.165) is 23.1 Å². The van der Waals surface area contributed by atoms with Crippen molar-refractivity contribution < 1.29 is 9.90 Å². The molecule has 4 rings (SSSR count). The molecule has 1 aliphatic rings. The van der Waals surface area contributed by atoms with Crippen LogP contribution in [0.2, 0.25) is 0 Å². The number of phenolic OH excluding ortho intramolecular Hbond substituents is 1. The predicted molar refractivity (Wildman–Crippen MR) is 101 cm³/mol. The van der Waals surface area contributed by atoms with E-state index >= 15 is 0 Å². The average Bonchev–Trinajstić information content (AvgIpc) is 3.22. The van der Waals surface area contributed by atoms with E-state index in [1.165, 1.54) is 0 Å². The van der Waals surface area contributed by atoms with Crippen LogP contribution in [0.3, 0.4) is 0 Å². The number of H-pyrrole nitrogens is 1. The molecule has 0 radical (unpaired) electrons. The van der Waals surface area contributed by atoms with Crippen LogP contribution in [0.4, 0.5) is 5.82 Å². The van der Waals surface area contributed by atoms with Crippen LogP contribution < -0.4 is 5.32 Å². The lowest BCUT2D eigenvalue weighted by Crippen LogP contribution is -2.25. The van der Waals surface area contributed by atoms with Crippen molar-refractivity contribution >= 4 is 22.6 Å². The lowest BCUT2D eigenvalue weighted by atomic mass is 10.1. The van der Waals surface area contributed by atoms with Crippen molar-refractivity contribution in [1.29, 1.82) is 0 Å². The number of anilines is 1. The quantitative estimate of drug-likeness (QED) is 0.673. The number of hydrogen-bond donors (Lipinski definition) is 3. The first-order valence-electron chi connectivity index (χ1n) is 8.84. The van der Waals surface area contributed by atoms with Crippen molar-refractivity contribution in [2.45, 2.75) is 26.9 Å². The minimum absolute atomic E-state index is 0.0301. The number of phenols is 1. The highest BCUT2D eigenvalue weighted by Gasteiger charge is 2.26. The summed E-state index contributed by atoms with van der Waals surface area (Å²) in [6.07, 6.45) is 0. The highest BCUT2D eigenvalue weighted by Crippen LogP contribution is 2.31. The molecular formula is C20H22N4O2. The van der Waals surface area contributed by atoms with E-state index in [4.69, 9.17) is 0 Å². The minimum Gasteiger partial charge on any atom is -0.507 e. The first kappa shape index (κ1) is 16.4. The summed E-state index contributed by atoms with van der Waals surface area (Å²) in [6.45, 7) is 6.15. The molecule has 0 spiro atoms. The van der Waals surface area contributed by atoms with Crippen LogP contribution in [-0.2, 0) is 13.1 Å². The number of amides is 1. The van der Waals surface area contributed by atoms with Crippen LogP contribution >= 0.6 is 0 Å². The minimum atomic E-state index is -0.170. The number of nitrogens with zero attached hydrogens (tertiary/aromatic N) is 2. The van der Waals surface area contributed by atoms with Crippen molar-refractivity contribution in [1.82, 2.24) is 15.1 Å². The van der Waals surface area contributed by atoms with Crippen LogP contribution in [0.5, 0.6) is 5.75 Å². The van der Waals surface area contributed by atoms with E-state index in [9.17, 15) is 9.90 Å². The number of nitrogens with one attached hydrogen (secondary N) is 2. The molecule has 0 fully saturated rings. The maximum Gasteiger partial charge on any atom is 0.258 e. The van der Waals surface area contributed by atoms with Gasteiger partial charge in [0.1, 0.15) is 5.75 Å². The molecule has 6 heteroatoms. The zero-order valence-corrected chi connectivity index (χ0v) is 14.9. The van der Waals surface area contributed by atoms with Crippen LogP contribution in [-0.4, -0.2) is 32.7 Å². The summed E-state index contributed by atoms with van der Waals surface area (Å²) in [6, 6.07) is 11.3. The van der Waals surface area contributed by atoms with Gasteiger partial charge in [-0.05, 0) is 23.1 Å². The van der Waals surface area contributed by atoms with E-state index < -0.39 is 0 Å². The van der Waals surface area contributed by atoms with Crippen molar-refractivity contribution in [2.75, 3.05) is 11.9 Å². The zero-order valence-electron chi connectivity index (χ0n) is 14.9.